The zero-order chi connectivity index (χ0) is 20.5. The van der Waals surface area contributed by atoms with Crippen LogP contribution in [0.15, 0.2) is 47.4 Å². The quantitative estimate of drug-likeness (QED) is 0.574. The van der Waals surface area contributed by atoms with Crippen LogP contribution in [-0.2, 0) is 23.0 Å². The molecule has 1 heterocycles. The van der Waals surface area contributed by atoms with Gasteiger partial charge in [0.2, 0.25) is 0 Å². The topological polar surface area (TPSA) is 64.0 Å². The van der Waals surface area contributed by atoms with Crippen molar-refractivity contribution in [2.75, 3.05) is 4.72 Å². The smallest absolute Gasteiger partial charge is 0.262 e. The number of nitrogens with zero attached hydrogens (tertiary/aromatic N) is 2. The van der Waals surface area contributed by atoms with Crippen molar-refractivity contribution < 1.29 is 8.42 Å². The van der Waals surface area contributed by atoms with E-state index in [0.717, 1.165) is 17.5 Å². The second-order valence-electron chi connectivity index (χ2n) is 6.54. The van der Waals surface area contributed by atoms with Gasteiger partial charge in [-0.3, -0.25) is 9.40 Å². The number of nitrogens with one attached hydrogen (secondary N) is 1. The molecule has 2 aromatic carbocycles. The molecule has 0 amide bonds. The molecule has 0 radical (unpaired) electrons. The summed E-state index contributed by atoms with van der Waals surface area (Å²) in [4.78, 5) is 0.219. The normalized spacial score (nSPS) is 11.6. The van der Waals surface area contributed by atoms with Crippen molar-refractivity contribution >= 4 is 38.9 Å². The van der Waals surface area contributed by atoms with Gasteiger partial charge in [0, 0.05) is 10.0 Å². The lowest BCUT2D eigenvalue weighted by Crippen LogP contribution is -2.14. The van der Waals surface area contributed by atoms with Gasteiger partial charge in [0.25, 0.3) is 10.0 Å². The number of anilines is 1. The minimum atomic E-state index is -3.70. The van der Waals surface area contributed by atoms with Crippen LogP contribution in [0.1, 0.15) is 29.4 Å². The molecule has 1 N–H and O–H groups in total. The molecule has 0 spiro atoms. The molecule has 5 nitrogen and oxygen atoms in total. The molecule has 0 fully saturated rings. The molecule has 0 saturated heterocycles. The Hall–Kier alpha value is -2.02. The number of sulfonamides is 1. The molecule has 8 heteroatoms. The molecule has 0 aliphatic carbocycles. The van der Waals surface area contributed by atoms with E-state index in [4.69, 9.17) is 23.2 Å². The third-order valence-corrected chi connectivity index (χ3v) is 6.55. The Kier molecular flexibility index (Phi) is 6.03. The van der Waals surface area contributed by atoms with Crippen molar-refractivity contribution in [1.29, 1.82) is 0 Å². The molecule has 148 valence electrons. The fourth-order valence-electron chi connectivity index (χ4n) is 2.91. The maximum atomic E-state index is 12.8. The van der Waals surface area contributed by atoms with Crippen LogP contribution in [0.2, 0.25) is 10.0 Å². The van der Waals surface area contributed by atoms with Crippen molar-refractivity contribution in [2.45, 2.75) is 38.6 Å². The number of halogens is 2. The van der Waals surface area contributed by atoms with E-state index in [1.165, 1.54) is 0 Å². The van der Waals surface area contributed by atoms with Crippen molar-refractivity contribution in [1.82, 2.24) is 9.78 Å². The number of benzene rings is 2. The summed E-state index contributed by atoms with van der Waals surface area (Å²) in [6, 6.07) is 12.1. The fraction of sp³-hybridized carbons (Fsp3) is 0.250. The Balaban J connectivity index is 1.88. The summed E-state index contributed by atoms with van der Waals surface area (Å²) in [7, 11) is -3.70. The van der Waals surface area contributed by atoms with E-state index in [-0.39, 0.29) is 4.90 Å². The van der Waals surface area contributed by atoms with Crippen LogP contribution in [0.5, 0.6) is 0 Å². The summed E-state index contributed by atoms with van der Waals surface area (Å²) in [5.74, 6) is 0. The predicted molar refractivity (Wildman–Crippen MR) is 114 cm³/mol. The van der Waals surface area contributed by atoms with Gasteiger partial charge in [0.1, 0.15) is 0 Å². The Labute approximate surface area is 175 Å². The molecule has 0 bridgehead atoms. The van der Waals surface area contributed by atoms with E-state index in [1.807, 2.05) is 32.0 Å². The van der Waals surface area contributed by atoms with Gasteiger partial charge in [-0.15, -0.1) is 0 Å². The van der Waals surface area contributed by atoms with E-state index in [9.17, 15) is 8.42 Å². The van der Waals surface area contributed by atoms with Gasteiger partial charge in [0.05, 0.1) is 28.5 Å². The van der Waals surface area contributed by atoms with E-state index in [1.54, 1.807) is 35.9 Å². The van der Waals surface area contributed by atoms with Gasteiger partial charge in [-0.25, -0.2) is 8.42 Å². The van der Waals surface area contributed by atoms with Gasteiger partial charge >= 0.3 is 0 Å². The Morgan fingerprint density at radius 2 is 1.75 bits per heavy atom. The lowest BCUT2D eigenvalue weighted by atomic mass is 10.2. The molecule has 3 aromatic rings. The molecule has 28 heavy (non-hydrogen) atoms. The van der Waals surface area contributed by atoms with Gasteiger partial charge in [0.15, 0.2) is 0 Å². The fourth-order valence-corrected chi connectivity index (χ4v) is 4.55. The van der Waals surface area contributed by atoms with Crippen molar-refractivity contribution in [3.63, 3.8) is 0 Å². The summed E-state index contributed by atoms with van der Waals surface area (Å²) in [6.45, 7) is 6.03. The van der Waals surface area contributed by atoms with Crippen molar-refractivity contribution in [3.05, 3.63) is 75.0 Å². The Morgan fingerprint density at radius 3 is 2.36 bits per heavy atom. The van der Waals surface area contributed by atoms with Gasteiger partial charge < -0.3 is 0 Å². The summed E-state index contributed by atoms with van der Waals surface area (Å²) >= 11 is 12.2. The average molecular weight is 438 g/mol. The Bertz CT molecular complexity index is 1110. The van der Waals surface area contributed by atoms with Crippen LogP contribution in [0.25, 0.3) is 0 Å². The standard InChI is InChI=1S/C20H21Cl2N3O2S/c1-4-15-5-9-18(10-6-15)28(26,27)24-20-13(2)23-25(14(20)3)12-16-7-8-17(21)11-19(16)22/h5-11,24H,4,12H2,1-3H3. The molecule has 0 saturated carbocycles. The number of hydrogen-bond acceptors (Lipinski definition) is 3. The van der Waals surface area contributed by atoms with Crippen LogP contribution in [-0.4, -0.2) is 18.2 Å². The summed E-state index contributed by atoms with van der Waals surface area (Å²) in [6.07, 6.45) is 0.853. The van der Waals surface area contributed by atoms with Crippen LogP contribution >= 0.6 is 23.2 Å². The first-order valence-corrected chi connectivity index (χ1v) is 11.0. The van der Waals surface area contributed by atoms with Gasteiger partial charge in [-0.2, -0.15) is 5.10 Å². The molecular weight excluding hydrogens is 417 g/mol. The van der Waals surface area contributed by atoms with Crippen molar-refractivity contribution in [3.8, 4) is 0 Å². The minimum Gasteiger partial charge on any atom is -0.276 e. The van der Waals surface area contributed by atoms with Gasteiger partial charge in [-0.1, -0.05) is 48.3 Å². The molecule has 0 aliphatic rings. The summed E-state index contributed by atoms with van der Waals surface area (Å²) < 4.78 is 30.0. The molecule has 0 unspecified atom stereocenters. The van der Waals surface area contributed by atoms with E-state index >= 15 is 0 Å². The maximum Gasteiger partial charge on any atom is 0.262 e. The zero-order valence-corrected chi connectivity index (χ0v) is 18.2. The zero-order valence-electron chi connectivity index (χ0n) is 15.8. The average Bonchev–Trinajstić information content (AvgIpc) is 2.91. The summed E-state index contributed by atoms with van der Waals surface area (Å²) in [5.41, 5.74) is 3.71. The second-order valence-corrected chi connectivity index (χ2v) is 9.07. The SMILES string of the molecule is CCc1ccc(S(=O)(=O)Nc2c(C)nn(Cc3ccc(Cl)cc3Cl)c2C)cc1. The highest BCUT2D eigenvalue weighted by Crippen LogP contribution is 2.26. The lowest BCUT2D eigenvalue weighted by molar-refractivity contribution is 0.601. The molecule has 3 rings (SSSR count). The first kappa shape index (κ1) is 20.7. The van der Waals surface area contributed by atoms with E-state index in [0.29, 0.717) is 33.7 Å². The summed E-state index contributed by atoms with van der Waals surface area (Å²) in [5, 5.41) is 5.57. The maximum absolute atomic E-state index is 12.8. The van der Waals surface area contributed by atoms with Crippen molar-refractivity contribution in [2.24, 2.45) is 0 Å². The molecule has 0 atom stereocenters. The monoisotopic (exact) mass is 437 g/mol. The Morgan fingerprint density at radius 1 is 1.07 bits per heavy atom. The van der Waals surface area contributed by atoms with Crippen LogP contribution in [0.3, 0.4) is 0 Å². The number of rotatable bonds is 6. The highest BCUT2D eigenvalue weighted by Gasteiger charge is 2.20. The number of hydrogen-bond donors (Lipinski definition) is 1. The number of aromatic nitrogens is 2. The van der Waals surface area contributed by atoms with Gasteiger partial charge in [-0.05, 0) is 55.7 Å². The van der Waals surface area contributed by atoms with Crippen LogP contribution in [0.4, 0.5) is 5.69 Å². The minimum absolute atomic E-state index is 0.219. The van der Waals surface area contributed by atoms with Crippen LogP contribution < -0.4 is 4.72 Å². The highest BCUT2D eigenvalue weighted by atomic mass is 35.5. The third kappa shape index (κ3) is 4.35. The molecule has 1 aromatic heterocycles. The lowest BCUT2D eigenvalue weighted by Gasteiger charge is -2.10. The van der Waals surface area contributed by atoms with E-state index < -0.39 is 10.0 Å². The van der Waals surface area contributed by atoms with Crippen LogP contribution in [0, 0.1) is 13.8 Å². The first-order valence-electron chi connectivity index (χ1n) is 8.81. The second kappa shape index (κ2) is 8.15. The largest absolute Gasteiger partial charge is 0.276 e. The first-order chi connectivity index (χ1) is 13.2. The highest BCUT2D eigenvalue weighted by molar-refractivity contribution is 7.92. The third-order valence-electron chi connectivity index (χ3n) is 4.60. The van der Waals surface area contributed by atoms with E-state index in [2.05, 4.69) is 9.82 Å². The number of aryl methyl sites for hydroxylation is 2. The molecular formula is C20H21Cl2N3O2S. The predicted octanol–water partition coefficient (Wildman–Crippen LogP) is 5.22. The molecule has 0 aliphatic heterocycles.